The summed E-state index contributed by atoms with van der Waals surface area (Å²) in [6.07, 6.45) is 12.2. The zero-order valence-electron chi connectivity index (χ0n) is 17.6. The van der Waals surface area contributed by atoms with Gasteiger partial charge in [0, 0.05) is 5.97 Å². The van der Waals surface area contributed by atoms with E-state index in [2.05, 4.69) is 20.8 Å². The quantitative estimate of drug-likeness (QED) is 0.802. The third-order valence-electron chi connectivity index (χ3n) is 10.2. The summed E-state index contributed by atoms with van der Waals surface area (Å²) in [4.78, 5) is 10.9. The maximum Gasteiger partial charge on any atom is 0.0543 e. The molecule has 3 heteroatoms. The van der Waals surface area contributed by atoms with Crippen molar-refractivity contribution >= 4 is 5.97 Å². The molecule has 4 aliphatic carbocycles. The molecule has 4 fully saturated rings. The van der Waals surface area contributed by atoms with Crippen molar-refractivity contribution in [3.05, 3.63) is 0 Å². The second kappa shape index (κ2) is 7.04. The van der Waals surface area contributed by atoms with Gasteiger partial charge in [-0.1, -0.05) is 20.8 Å². The second-order valence-electron chi connectivity index (χ2n) is 11.2. The van der Waals surface area contributed by atoms with E-state index in [0.717, 1.165) is 42.9 Å². The highest BCUT2D eigenvalue weighted by Crippen LogP contribution is 2.68. The van der Waals surface area contributed by atoms with E-state index in [1.54, 1.807) is 0 Å². The highest BCUT2D eigenvalue weighted by Gasteiger charge is 2.60. The van der Waals surface area contributed by atoms with E-state index < -0.39 is 5.97 Å². The number of carboxylic acid groups (broad SMARTS) is 1. The molecule has 0 aromatic heterocycles. The Balaban J connectivity index is 1.51. The largest absolute Gasteiger partial charge is 0.550 e. The van der Waals surface area contributed by atoms with Gasteiger partial charge in [0.05, 0.1) is 6.10 Å². The van der Waals surface area contributed by atoms with Gasteiger partial charge >= 0.3 is 0 Å². The molecular formula is C24H39O3-. The number of rotatable bonds is 4. The van der Waals surface area contributed by atoms with Gasteiger partial charge in [0.25, 0.3) is 0 Å². The first-order chi connectivity index (χ1) is 12.8. The lowest BCUT2D eigenvalue weighted by molar-refractivity contribution is -0.306. The van der Waals surface area contributed by atoms with Crippen LogP contribution in [0.5, 0.6) is 0 Å². The van der Waals surface area contributed by atoms with Gasteiger partial charge in [0.1, 0.15) is 0 Å². The first-order valence-corrected chi connectivity index (χ1v) is 11.6. The van der Waals surface area contributed by atoms with Crippen molar-refractivity contribution in [2.75, 3.05) is 0 Å². The molecule has 0 bridgehead atoms. The van der Waals surface area contributed by atoms with E-state index in [0.29, 0.717) is 22.7 Å². The first kappa shape index (κ1) is 19.7. The summed E-state index contributed by atoms with van der Waals surface area (Å²) < 4.78 is 0. The minimum absolute atomic E-state index is 0.0612. The average molecular weight is 376 g/mol. The van der Waals surface area contributed by atoms with E-state index in [1.807, 2.05) is 0 Å². The van der Waals surface area contributed by atoms with Gasteiger partial charge in [-0.2, -0.15) is 0 Å². The third-order valence-corrected chi connectivity index (χ3v) is 10.2. The van der Waals surface area contributed by atoms with Crippen LogP contribution in [0.4, 0.5) is 0 Å². The number of fused-ring (bicyclic) bond motifs is 5. The third kappa shape index (κ3) is 3.16. The molecule has 0 radical (unpaired) electrons. The van der Waals surface area contributed by atoms with Crippen LogP contribution >= 0.6 is 0 Å². The van der Waals surface area contributed by atoms with Crippen LogP contribution in [-0.4, -0.2) is 17.2 Å². The van der Waals surface area contributed by atoms with Gasteiger partial charge in [0.2, 0.25) is 0 Å². The van der Waals surface area contributed by atoms with E-state index in [1.165, 1.54) is 44.9 Å². The van der Waals surface area contributed by atoms with E-state index in [-0.39, 0.29) is 12.5 Å². The van der Waals surface area contributed by atoms with E-state index in [4.69, 9.17) is 0 Å². The maximum atomic E-state index is 10.9. The van der Waals surface area contributed by atoms with E-state index >= 15 is 0 Å². The van der Waals surface area contributed by atoms with Gasteiger partial charge in [-0.15, -0.1) is 0 Å². The van der Waals surface area contributed by atoms with Crippen LogP contribution < -0.4 is 5.11 Å². The molecule has 3 nitrogen and oxygen atoms in total. The number of carbonyl (C=O) groups excluding carboxylic acids is 1. The van der Waals surface area contributed by atoms with Crippen molar-refractivity contribution in [3.63, 3.8) is 0 Å². The second-order valence-corrected chi connectivity index (χ2v) is 11.2. The molecule has 1 N–H and O–H groups in total. The Kier molecular flexibility index (Phi) is 5.15. The highest BCUT2D eigenvalue weighted by atomic mass is 16.4. The average Bonchev–Trinajstić information content (AvgIpc) is 2.97. The van der Waals surface area contributed by atoms with Crippen molar-refractivity contribution in [1.82, 2.24) is 0 Å². The molecule has 0 amide bonds. The molecule has 4 rings (SSSR count). The Morgan fingerprint density at radius 1 is 1.04 bits per heavy atom. The molecule has 4 aliphatic rings. The SMILES string of the molecule is C[C@H](CCC(=O)[O-])[C@@H]1CC[C@H]2[C@H]3CC[C@H]4C[C@@H](O)CC[C@]4(C)[C@@H]3CC[C@@]21C. The topological polar surface area (TPSA) is 60.4 Å². The number of aliphatic hydroxyl groups excluding tert-OH is 1. The fraction of sp³-hybridized carbons (Fsp3) is 0.958. The van der Waals surface area contributed by atoms with E-state index in [9.17, 15) is 15.0 Å². The highest BCUT2D eigenvalue weighted by molar-refractivity contribution is 5.64. The Bertz CT molecular complexity index is 574. The Labute approximate surface area is 165 Å². The Morgan fingerprint density at radius 3 is 2.48 bits per heavy atom. The number of aliphatic carboxylic acids is 1. The zero-order valence-corrected chi connectivity index (χ0v) is 17.6. The molecule has 0 heterocycles. The number of aliphatic hydroxyl groups is 1. The molecular weight excluding hydrogens is 336 g/mol. The van der Waals surface area contributed by atoms with Crippen LogP contribution in [0, 0.1) is 46.3 Å². The minimum Gasteiger partial charge on any atom is -0.550 e. The van der Waals surface area contributed by atoms with Crippen molar-refractivity contribution in [1.29, 1.82) is 0 Å². The van der Waals surface area contributed by atoms with Crippen LogP contribution in [0.1, 0.15) is 91.4 Å². The summed E-state index contributed by atoms with van der Waals surface area (Å²) in [7, 11) is 0. The summed E-state index contributed by atoms with van der Waals surface area (Å²) in [5, 5.41) is 21.1. The maximum absolute atomic E-state index is 10.9. The van der Waals surface area contributed by atoms with Crippen LogP contribution in [-0.2, 0) is 4.79 Å². The fourth-order valence-corrected chi connectivity index (χ4v) is 8.76. The smallest absolute Gasteiger partial charge is 0.0543 e. The van der Waals surface area contributed by atoms with Crippen LogP contribution in [0.15, 0.2) is 0 Å². The predicted octanol–water partition coefficient (Wildman–Crippen LogP) is 4.17. The van der Waals surface area contributed by atoms with Crippen molar-refractivity contribution < 1.29 is 15.0 Å². The molecule has 0 aromatic carbocycles. The molecule has 9 atom stereocenters. The summed E-state index contributed by atoms with van der Waals surface area (Å²) in [5.74, 6) is 3.55. The lowest BCUT2D eigenvalue weighted by Gasteiger charge is -2.61. The molecule has 0 saturated heterocycles. The lowest BCUT2D eigenvalue weighted by Crippen LogP contribution is -2.54. The standard InChI is InChI=1S/C24H40O3/c1-15(4-9-22(26)27)19-7-8-20-18-6-5-16-14-17(25)10-12-23(16,2)21(18)11-13-24(19,20)3/h15-21,25H,4-14H2,1-3H3,(H,26,27)/p-1/t15-,16+,17+,18-,19+,20+,21-,23+,24-/m1/s1. The molecule has 4 saturated carbocycles. The summed E-state index contributed by atoms with van der Waals surface area (Å²) in [6.45, 7) is 7.38. The normalized spacial score (nSPS) is 50.4. The van der Waals surface area contributed by atoms with Crippen molar-refractivity contribution in [2.24, 2.45) is 46.3 Å². The van der Waals surface area contributed by atoms with Crippen LogP contribution in [0.2, 0.25) is 0 Å². The van der Waals surface area contributed by atoms with Gasteiger partial charge in [0.15, 0.2) is 0 Å². The molecule has 0 aliphatic heterocycles. The number of hydrogen-bond donors (Lipinski definition) is 1. The van der Waals surface area contributed by atoms with Gasteiger partial charge in [-0.05, 0) is 117 Å². The predicted molar refractivity (Wildman–Crippen MR) is 105 cm³/mol. The zero-order chi connectivity index (χ0) is 19.4. The molecule has 0 spiro atoms. The van der Waals surface area contributed by atoms with Crippen LogP contribution in [0.3, 0.4) is 0 Å². The first-order valence-electron chi connectivity index (χ1n) is 11.6. The Morgan fingerprint density at radius 2 is 1.74 bits per heavy atom. The molecule has 154 valence electrons. The summed E-state index contributed by atoms with van der Waals surface area (Å²) in [5.41, 5.74) is 0.853. The van der Waals surface area contributed by atoms with Gasteiger partial charge in [-0.25, -0.2) is 0 Å². The fourth-order valence-electron chi connectivity index (χ4n) is 8.76. The number of carbonyl (C=O) groups is 1. The van der Waals surface area contributed by atoms with Gasteiger partial charge in [-0.3, -0.25) is 0 Å². The van der Waals surface area contributed by atoms with Gasteiger partial charge < -0.3 is 15.0 Å². The minimum atomic E-state index is -0.893. The monoisotopic (exact) mass is 375 g/mol. The molecule has 0 unspecified atom stereocenters. The lowest BCUT2D eigenvalue weighted by atomic mass is 9.44. The van der Waals surface area contributed by atoms with Crippen molar-refractivity contribution in [3.8, 4) is 0 Å². The molecule has 0 aromatic rings. The summed E-state index contributed by atoms with van der Waals surface area (Å²) >= 11 is 0. The number of carboxylic acids is 1. The molecule has 27 heavy (non-hydrogen) atoms. The Hall–Kier alpha value is -0.570. The van der Waals surface area contributed by atoms with Crippen LogP contribution in [0.25, 0.3) is 0 Å². The number of hydrogen-bond acceptors (Lipinski definition) is 3. The van der Waals surface area contributed by atoms with Crippen molar-refractivity contribution in [2.45, 2.75) is 97.5 Å². The summed E-state index contributed by atoms with van der Waals surface area (Å²) in [6, 6.07) is 0.